The summed E-state index contributed by atoms with van der Waals surface area (Å²) in [4.78, 5) is 14.2. The van der Waals surface area contributed by atoms with Crippen LogP contribution in [0.4, 0.5) is 4.79 Å². The first-order chi connectivity index (χ1) is 8.65. The summed E-state index contributed by atoms with van der Waals surface area (Å²) in [7, 11) is 0. The molecule has 0 saturated carbocycles. The zero-order chi connectivity index (χ0) is 14.8. The fourth-order valence-corrected chi connectivity index (χ4v) is 2.97. The first-order valence-electron chi connectivity index (χ1n) is 7.41. The third kappa shape index (κ3) is 4.37. The molecule has 2 N–H and O–H groups in total. The van der Waals surface area contributed by atoms with Gasteiger partial charge in [-0.2, -0.15) is 0 Å². The average Bonchev–Trinajstić information content (AvgIpc) is 2.25. The van der Waals surface area contributed by atoms with Gasteiger partial charge in [0.2, 0.25) is 0 Å². The molecule has 1 aliphatic heterocycles. The quantitative estimate of drug-likeness (QED) is 0.839. The topological polar surface area (TPSA) is 55.6 Å². The van der Waals surface area contributed by atoms with Gasteiger partial charge in [0, 0.05) is 18.6 Å². The summed E-state index contributed by atoms with van der Waals surface area (Å²) in [6.45, 7) is 12.9. The van der Waals surface area contributed by atoms with E-state index in [1.807, 2.05) is 25.7 Å². The summed E-state index contributed by atoms with van der Waals surface area (Å²) >= 11 is 0. The number of hydrogen-bond donors (Lipinski definition) is 1. The second-order valence-electron chi connectivity index (χ2n) is 7.01. The van der Waals surface area contributed by atoms with Crippen LogP contribution < -0.4 is 5.73 Å². The van der Waals surface area contributed by atoms with Gasteiger partial charge in [-0.25, -0.2) is 4.79 Å². The number of likely N-dealkylation sites (tertiary alicyclic amines) is 1. The molecule has 1 aliphatic rings. The molecule has 1 amide bonds. The van der Waals surface area contributed by atoms with Crippen LogP contribution in [0.15, 0.2) is 0 Å². The highest BCUT2D eigenvalue weighted by Gasteiger charge is 2.39. The van der Waals surface area contributed by atoms with Crippen LogP contribution in [0.1, 0.15) is 54.4 Å². The van der Waals surface area contributed by atoms with Gasteiger partial charge >= 0.3 is 6.09 Å². The average molecular weight is 270 g/mol. The molecule has 1 heterocycles. The maximum absolute atomic E-state index is 12.3. The van der Waals surface area contributed by atoms with Crippen LogP contribution in [0.25, 0.3) is 0 Å². The van der Waals surface area contributed by atoms with Crippen molar-refractivity contribution in [2.75, 3.05) is 6.54 Å². The van der Waals surface area contributed by atoms with Crippen molar-refractivity contribution in [1.29, 1.82) is 0 Å². The summed E-state index contributed by atoms with van der Waals surface area (Å²) in [5.41, 5.74) is 5.67. The van der Waals surface area contributed by atoms with Gasteiger partial charge in [-0.1, -0.05) is 20.8 Å². The van der Waals surface area contributed by atoms with Crippen LogP contribution in [0.3, 0.4) is 0 Å². The van der Waals surface area contributed by atoms with E-state index in [1.54, 1.807) is 0 Å². The van der Waals surface area contributed by atoms with Gasteiger partial charge in [-0.3, -0.25) is 0 Å². The van der Waals surface area contributed by atoms with E-state index in [4.69, 9.17) is 10.5 Å². The van der Waals surface area contributed by atoms with Crippen molar-refractivity contribution in [2.45, 2.75) is 72.1 Å². The van der Waals surface area contributed by atoms with E-state index in [2.05, 4.69) is 20.8 Å². The molecule has 0 aromatic carbocycles. The monoisotopic (exact) mass is 270 g/mol. The number of ether oxygens (including phenoxy) is 1. The molecule has 0 spiro atoms. The Kier molecular flexibility index (Phi) is 5.25. The lowest BCUT2D eigenvalue weighted by atomic mass is 9.78. The Hall–Kier alpha value is -0.770. The van der Waals surface area contributed by atoms with Crippen LogP contribution in [-0.4, -0.2) is 35.2 Å². The smallest absolute Gasteiger partial charge is 0.410 e. The Morgan fingerprint density at radius 2 is 2.00 bits per heavy atom. The molecule has 19 heavy (non-hydrogen) atoms. The van der Waals surface area contributed by atoms with Crippen molar-refractivity contribution in [3.05, 3.63) is 0 Å². The standard InChI is InChI=1S/C15H30N2O2/c1-7-13-12(10(2)3)8-11(16)9-17(13)14(18)19-15(4,5)6/h10-13H,7-9,16H2,1-6H3. The third-order valence-corrected chi connectivity index (χ3v) is 3.80. The minimum atomic E-state index is -0.454. The SMILES string of the molecule is CCC1C(C(C)C)CC(N)CN1C(=O)OC(C)(C)C. The maximum Gasteiger partial charge on any atom is 0.410 e. The highest BCUT2D eigenvalue weighted by molar-refractivity contribution is 5.69. The zero-order valence-electron chi connectivity index (χ0n) is 13.3. The third-order valence-electron chi connectivity index (χ3n) is 3.80. The van der Waals surface area contributed by atoms with Crippen molar-refractivity contribution in [3.63, 3.8) is 0 Å². The van der Waals surface area contributed by atoms with E-state index in [-0.39, 0.29) is 18.2 Å². The van der Waals surface area contributed by atoms with Gasteiger partial charge in [0.1, 0.15) is 5.60 Å². The summed E-state index contributed by atoms with van der Waals surface area (Å²) in [5, 5.41) is 0. The van der Waals surface area contributed by atoms with Crippen LogP contribution in [0.2, 0.25) is 0 Å². The van der Waals surface area contributed by atoms with Gasteiger partial charge in [-0.05, 0) is 45.4 Å². The number of amides is 1. The lowest BCUT2D eigenvalue weighted by Gasteiger charge is -2.45. The Labute approximate surface area is 117 Å². The largest absolute Gasteiger partial charge is 0.444 e. The molecule has 3 atom stereocenters. The highest BCUT2D eigenvalue weighted by Crippen LogP contribution is 2.32. The number of nitrogens with two attached hydrogens (primary N) is 1. The van der Waals surface area contributed by atoms with Crippen LogP contribution >= 0.6 is 0 Å². The number of carbonyl (C=O) groups excluding carboxylic acids is 1. The number of hydrogen-bond acceptors (Lipinski definition) is 3. The summed E-state index contributed by atoms with van der Waals surface area (Å²) < 4.78 is 5.52. The number of nitrogens with zero attached hydrogens (tertiary/aromatic N) is 1. The summed E-state index contributed by atoms with van der Waals surface area (Å²) in [6.07, 6.45) is 1.73. The predicted octanol–water partition coefficient (Wildman–Crippen LogP) is 3.01. The van der Waals surface area contributed by atoms with Crippen molar-refractivity contribution >= 4 is 6.09 Å². The van der Waals surface area contributed by atoms with Crippen molar-refractivity contribution in [3.8, 4) is 0 Å². The molecule has 4 heteroatoms. The zero-order valence-corrected chi connectivity index (χ0v) is 13.3. The Morgan fingerprint density at radius 3 is 2.42 bits per heavy atom. The predicted molar refractivity (Wildman–Crippen MR) is 77.9 cm³/mol. The van der Waals surface area contributed by atoms with Crippen molar-refractivity contribution in [1.82, 2.24) is 4.90 Å². The Morgan fingerprint density at radius 1 is 1.42 bits per heavy atom. The van der Waals surface area contributed by atoms with Crippen LogP contribution in [-0.2, 0) is 4.74 Å². The number of piperidine rings is 1. The fourth-order valence-electron chi connectivity index (χ4n) is 2.97. The van der Waals surface area contributed by atoms with E-state index in [1.165, 1.54) is 0 Å². The number of carbonyl (C=O) groups is 1. The normalized spacial score (nSPS) is 28.6. The Balaban J connectivity index is 2.86. The van der Waals surface area contributed by atoms with Crippen LogP contribution in [0, 0.1) is 11.8 Å². The molecular formula is C15H30N2O2. The molecule has 0 aromatic heterocycles. The van der Waals surface area contributed by atoms with E-state index >= 15 is 0 Å². The van der Waals surface area contributed by atoms with E-state index < -0.39 is 5.60 Å². The minimum Gasteiger partial charge on any atom is -0.444 e. The molecule has 3 unspecified atom stereocenters. The van der Waals surface area contributed by atoms with E-state index in [0.717, 1.165) is 12.8 Å². The molecule has 0 bridgehead atoms. The summed E-state index contributed by atoms with van der Waals surface area (Å²) in [6, 6.07) is 0.303. The number of rotatable bonds is 2. The minimum absolute atomic E-state index is 0.0581. The molecule has 1 fully saturated rings. The Bertz CT molecular complexity index is 310. The van der Waals surface area contributed by atoms with Gasteiger partial charge in [0.25, 0.3) is 0 Å². The lowest BCUT2D eigenvalue weighted by molar-refractivity contribution is -0.00951. The van der Waals surface area contributed by atoms with Gasteiger partial charge in [0.05, 0.1) is 0 Å². The van der Waals surface area contributed by atoms with E-state index in [0.29, 0.717) is 18.4 Å². The molecule has 1 rings (SSSR count). The molecule has 1 saturated heterocycles. The molecule has 4 nitrogen and oxygen atoms in total. The van der Waals surface area contributed by atoms with Gasteiger partial charge in [-0.15, -0.1) is 0 Å². The molecule has 112 valence electrons. The van der Waals surface area contributed by atoms with Crippen molar-refractivity contribution in [2.24, 2.45) is 17.6 Å². The fraction of sp³-hybridized carbons (Fsp3) is 0.933. The molecule has 0 aromatic rings. The first kappa shape index (κ1) is 16.3. The summed E-state index contributed by atoms with van der Waals surface area (Å²) in [5.74, 6) is 0.988. The second kappa shape index (κ2) is 6.12. The maximum atomic E-state index is 12.3. The van der Waals surface area contributed by atoms with Gasteiger partial charge in [0.15, 0.2) is 0 Å². The first-order valence-corrected chi connectivity index (χ1v) is 7.41. The van der Waals surface area contributed by atoms with Crippen molar-refractivity contribution < 1.29 is 9.53 Å². The molecular weight excluding hydrogens is 240 g/mol. The van der Waals surface area contributed by atoms with E-state index in [9.17, 15) is 4.79 Å². The van der Waals surface area contributed by atoms with Gasteiger partial charge < -0.3 is 15.4 Å². The second-order valence-corrected chi connectivity index (χ2v) is 7.01. The molecule has 0 radical (unpaired) electrons. The highest BCUT2D eigenvalue weighted by atomic mass is 16.6. The van der Waals surface area contributed by atoms with Crippen LogP contribution in [0.5, 0.6) is 0 Å². The lowest BCUT2D eigenvalue weighted by Crippen LogP contribution is -2.57. The molecule has 0 aliphatic carbocycles.